The number of nitrogens with zero attached hydrogens (tertiary/aromatic N) is 1. The number of hydrogen-bond donors (Lipinski definition) is 0. The van der Waals surface area contributed by atoms with Crippen LogP contribution in [0.3, 0.4) is 0 Å². The molecule has 1 aromatic heterocycles. The third-order valence-electron chi connectivity index (χ3n) is 5.03. The number of benzene rings is 2. The van der Waals surface area contributed by atoms with E-state index in [0.29, 0.717) is 0 Å². The summed E-state index contributed by atoms with van der Waals surface area (Å²) in [5.41, 5.74) is 1.51. The Morgan fingerprint density at radius 2 is 1.70 bits per heavy atom. The number of aromatic nitrogens is 1. The average Bonchev–Trinajstić information content (AvgIpc) is 2.95. The van der Waals surface area contributed by atoms with Gasteiger partial charge in [-0.2, -0.15) is 0 Å². The Labute approximate surface area is 140 Å². The van der Waals surface area contributed by atoms with Gasteiger partial charge in [-0.15, -0.1) is 11.3 Å². The molecule has 0 amide bonds. The summed E-state index contributed by atoms with van der Waals surface area (Å²) < 4.78 is 13.5. The zero-order valence-electron chi connectivity index (χ0n) is 14.1. The molecular weight excluding hydrogens is 305 g/mol. The third-order valence-corrected chi connectivity index (χ3v) is 5.97. The molecule has 0 spiro atoms. The van der Waals surface area contributed by atoms with E-state index in [4.69, 9.17) is 9.31 Å². The van der Waals surface area contributed by atoms with Crippen LogP contribution in [0.4, 0.5) is 0 Å². The minimum absolute atomic E-state index is 0.317. The number of thiazole rings is 1. The minimum atomic E-state index is -0.322. The van der Waals surface area contributed by atoms with E-state index in [1.807, 2.05) is 0 Å². The van der Waals surface area contributed by atoms with Gasteiger partial charge in [0.15, 0.2) is 0 Å². The molecule has 2 aromatic carbocycles. The predicted molar refractivity (Wildman–Crippen MR) is 97.6 cm³/mol. The van der Waals surface area contributed by atoms with Crippen molar-refractivity contribution >= 4 is 44.9 Å². The van der Waals surface area contributed by atoms with Crippen LogP contribution in [0, 0.1) is 6.92 Å². The average molecular weight is 325 g/mol. The molecule has 1 saturated heterocycles. The minimum Gasteiger partial charge on any atom is -0.399 e. The molecule has 1 aliphatic heterocycles. The lowest BCUT2D eigenvalue weighted by Gasteiger charge is -2.32. The summed E-state index contributed by atoms with van der Waals surface area (Å²) >= 11 is 1.74. The first-order valence-corrected chi connectivity index (χ1v) is 8.74. The maximum absolute atomic E-state index is 6.15. The summed E-state index contributed by atoms with van der Waals surface area (Å²) in [5, 5.41) is 3.46. The Bertz CT molecular complexity index is 900. The maximum Gasteiger partial charge on any atom is 0.494 e. The van der Waals surface area contributed by atoms with E-state index in [2.05, 4.69) is 69.9 Å². The molecule has 0 unspecified atom stereocenters. The molecule has 0 radical (unpaired) electrons. The lowest BCUT2D eigenvalue weighted by atomic mass is 9.78. The van der Waals surface area contributed by atoms with Crippen molar-refractivity contribution in [1.82, 2.24) is 4.98 Å². The van der Waals surface area contributed by atoms with Crippen LogP contribution in [0.5, 0.6) is 0 Å². The van der Waals surface area contributed by atoms with Crippen LogP contribution >= 0.6 is 11.3 Å². The van der Waals surface area contributed by atoms with Gasteiger partial charge in [0.25, 0.3) is 0 Å². The smallest absolute Gasteiger partial charge is 0.399 e. The molecule has 0 saturated carbocycles. The van der Waals surface area contributed by atoms with Gasteiger partial charge in [-0.1, -0.05) is 24.3 Å². The summed E-state index contributed by atoms with van der Waals surface area (Å²) in [6.45, 7) is 10.4. The van der Waals surface area contributed by atoms with Gasteiger partial charge >= 0.3 is 7.12 Å². The summed E-state index contributed by atoms with van der Waals surface area (Å²) in [4.78, 5) is 4.67. The molecule has 1 aliphatic rings. The van der Waals surface area contributed by atoms with Crippen LogP contribution in [0.1, 0.15) is 32.7 Å². The zero-order chi connectivity index (χ0) is 16.4. The molecule has 4 rings (SSSR count). The Kier molecular flexibility index (Phi) is 3.15. The first kappa shape index (κ1) is 15.1. The van der Waals surface area contributed by atoms with Crippen LogP contribution in [-0.4, -0.2) is 23.3 Å². The highest BCUT2D eigenvalue weighted by molar-refractivity contribution is 7.18. The molecule has 3 aromatic rings. The number of rotatable bonds is 1. The van der Waals surface area contributed by atoms with Crippen molar-refractivity contribution in [2.75, 3.05) is 0 Å². The van der Waals surface area contributed by atoms with Crippen LogP contribution in [0.15, 0.2) is 30.3 Å². The molecule has 0 N–H and O–H groups in total. The Balaban J connectivity index is 1.80. The van der Waals surface area contributed by atoms with Gasteiger partial charge in [0, 0.05) is 5.39 Å². The first-order chi connectivity index (χ1) is 10.8. The van der Waals surface area contributed by atoms with Gasteiger partial charge in [-0.25, -0.2) is 4.98 Å². The van der Waals surface area contributed by atoms with Crippen molar-refractivity contribution in [2.24, 2.45) is 0 Å². The highest BCUT2D eigenvalue weighted by atomic mass is 32.1. The molecule has 0 bridgehead atoms. The molecule has 2 heterocycles. The largest absolute Gasteiger partial charge is 0.494 e. The van der Waals surface area contributed by atoms with Crippen molar-refractivity contribution in [2.45, 2.75) is 45.8 Å². The van der Waals surface area contributed by atoms with E-state index >= 15 is 0 Å². The van der Waals surface area contributed by atoms with Crippen LogP contribution < -0.4 is 5.46 Å². The summed E-state index contributed by atoms with van der Waals surface area (Å²) in [6, 6.07) is 10.7. The van der Waals surface area contributed by atoms with E-state index in [9.17, 15) is 0 Å². The molecule has 0 atom stereocenters. The zero-order valence-corrected chi connectivity index (χ0v) is 15.0. The molecule has 23 heavy (non-hydrogen) atoms. The first-order valence-electron chi connectivity index (χ1n) is 7.92. The van der Waals surface area contributed by atoms with Crippen molar-refractivity contribution < 1.29 is 9.31 Å². The lowest BCUT2D eigenvalue weighted by Crippen LogP contribution is -2.41. The Morgan fingerprint density at radius 1 is 1.00 bits per heavy atom. The fourth-order valence-corrected chi connectivity index (χ4v) is 3.82. The van der Waals surface area contributed by atoms with Crippen LogP contribution in [0.2, 0.25) is 0 Å². The van der Waals surface area contributed by atoms with Gasteiger partial charge < -0.3 is 9.31 Å². The second-order valence-corrected chi connectivity index (χ2v) is 8.45. The standard InChI is InChI=1S/C18H20BNO2S/c1-11-20-16-14-8-7-13(10-12(14)6-9-15(16)23-11)19-21-17(2,3)18(4,5)22-19/h6-10H,1-5H3. The molecule has 3 nitrogen and oxygen atoms in total. The monoisotopic (exact) mass is 325 g/mol. The summed E-state index contributed by atoms with van der Waals surface area (Å²) in [5.74, 6) is 0. The summed E-state index contributed by atoms with van der Waals surface area (Å²) in [6.07, 6.45) is 0. The van der Waals surface area contributed by atoms with Crippen molar-refractivity contribution in [3.63, 3.8) is 0 Å². The van der Waals surface area contributed by atoms with Gasteiger partial charge in [-0.05, 0) is 51.5 Å². The van der Waals surface area contributed by atoms with E-state index in [1.54, 1.807) is 11.3 Å². The Morgan fingerprint density at radius 3 is 2.39 bits per heavy atom. The molecule has 0 aliphatic carbocycles. The van der Waals surface area contributed by atoms with E-state index in [-0.39, 0.29) is 18.3 Å². The van der Waals surface area contributed by atoms with E-state index < -0.39 is 0 Å². The van der Waals surface area contributed by atoms with Gasteiger partial charge in [0.1, 0.15) is 0 Å². The quantitative estimate of drug-likeness (QED) is 0.632. The van der Waals surface area contributed by atoms with Gasteiger partial charge in [0.2, 0.25) is 0 Å². The highest BCUT2D eigenvalue weighted by Crippen LogP contribution is 2.37. The summed E-state index contributed by atoms with van der Waals surface area (Å²) in [7, 11) is -0.322. The van der Waals surface area contributed by atoms with Crippen molar-refractivity contribution in [1.29, 1.82) is 0 Å². The predicted octanol–water partition coefficient (Wildman–Crippen LogP) is 4.06. The number of aryl methyl sites for hydroxylation is 1. The number of fused-ring (bicyclic) bond motifs is 3. The molecule has 1 fully saturated rings. The van der Waals surface area contributed by atoms with Crippen molar-refractivity contribution in [3.05, 3.63) is 35.3 Å². The highest BCUT2D eigenvalue weighted by Gasteiger charge is 2.51. The molecular formula is C18H20BNO2S. The SMILES string of the molecule is Cc1nc2c(ccc3cc(B4OC(C)(C)C(C)(C)O4)ccc32)s1. The third kappa shape index (κ3) is 2.30. The maximum atomic E-state index is 6.15. The van der Waals surface area contributed by atoms with Crippen LogP contribution in [-0.2, 0) is 9.31 Å². The molecule has 118 valence electrons. The second-order valence-electron chi connectivity index (χ2n) is 7.21. The van der Waals surface area contributed by atoms with Gasteiger partial charge in [0.05, 0.1) is 26.4 Å². The molecule has 5 heteroatoms. The Hall–Kier alpha value is -1.43. The normalized spacial score (nSPS) is 19.8. The van der Waals surface area contributed by atoms with Crippen molar-refractivity contribution in [3.8, 4) is 0 Å². The topological polar surface area (TPSA) is 31.4 Å². The van der Waals surface area contributed by atoms with Crippen LogP contribution in [0.25, 0.3) is 21.0 Å². The van der Waals surface area contributed by atoms with Gasteiger partial charge in [-0.3, -0.25) is 0 Å². The van der Waals surface area contributed by atoms with E-state index in [0.717, 1.165) is 16.0 Å². The number of hydrogen-bond acceptors (Lipinski definition) is 4. The lowest BCUT2D eigenvalue weighted by molar-refractivity contribution is 0.00578. The fraction of sp³-hybridized carbons (Fsp3) is 0.389. The van der Waals surface area contributed by atoms with E-state index in [1.165, 1.54) is 15.5 Å². The second kappa shape index (κ2) is 4.79. The fourth-order valence-electron chi connectivity index (χ4n) is 2.97.